The number of aryl methyl sites for hydroxylation is 1. The maximum absolute atomic E-state index is 11.6. The highest BCUT2D eigenvalue weighted by Gasteiger charge is 2.07. The highest BCUT2D eigenvalue weighted by molar-refractivity contribution is 5.76. The third-order valence-corrected chi connectivity index (χ3v) is 3.55. The van der Waals surface area contributed by atoms with Crippen molar-refractivity contribution in [1.29, 1.82) is 0 Å². The first-order valence-electron chi connectivity index (χ1n) is 8.14. The number of benzene rings is 1. The Morgan fingerprint density at radius 3 is 2.38 bits per heavy atom. The topological polar surface area (TPSA) is 41.1 Å². The molecule has 0 aliphatic rings. The van der Waals surface area contributed by atoms with Crippen LogP contribution >= 0.6 is 0 Å². The fourth-order valence-electron chi connectivity index (χ4n) is 2.27. The minimum atomic E-state index is 0.111. The molecule has 21 heavy (non-hydrogen) atoms. The molecule has 0 aliphatic heterocycles. The smallest absolute Gasteiger partial charge is 0.221 e. The van der Waals surface area contributed by atoms with E-state index in [0.717, 1.165) is 6.42 Å². The predicted octanol–water partition coefficient (Wildman–Crippen LogP) is 3.59. The van der Waals surface area contributed by atoms with Crippen LogP contribution in [0, 0.1) is 0 Å². The van der Waals surface area contributed by atoms with E-state index in [1.165, 1.54) is 24.0 Å². The van der Waals surface area contributed by atoms with Gasteiger partial charge in [0.25, 0.3) is 0 Å². The van der Waals surface area contributed by atoms with Crippen LogP contribution in [-0.4, -0.2) is 18.5 Å². The summed E-state index contributed by atoms with van der Waals surface area (Å²) >= 11 is 0. The van der Waals surface area contributed by atoms with Gasteiger partial charge in [-0.1, -0.05) is 37.6 Å². The van der Waals surface area contributed by atoms with Crippen LogP contribution in [-0.2, 0) is 11.2 Å². The van der Waals surface area contributed by atoms with Crippen molar-refractivity contribution in [3.05, 3.63) is 35.4 Å². The number of carbonyl (C=O) groups excluding carboxylic acids is 1. The maximum atomic E-state index is 11.6. The van der Waals surface area contributed by atoms with E-state index in [-0.39, 0.29) is 18.0 Å². The molecule has 0 aromatic heterocycles. The molecule has 0 spiro atoms. The van der Waals surface area contributed by atoms with Gasteiger partial charge in [0.1, 0.15) is 0 Å². The quantitative estimate of drug-likeness (QED) is 0.729. The SMILES string of the molecule is CCCCc1ccc(C(C)NCCC(=O)NC(C)C)cc1. The number of rotatable bonds is 9. The molecule has 2 N–H and O–H groups in total. The normalized spacial score (nSPS) is 12.4. The van der Waals surface area contributed by atoms with Crippen LogP contribution in [0.15, 0.2) is 24.3 Å². The van der Waals surface area contributed by atoms with Gasteiger partial charge in [-0.3, -0.25) is 4.79 Å². The molecule has 1 amide bonds. The standard InChI is InChI=1S/C18H30N2O/c1-5-6-7-16-8-10-17(11-9-16)15(4)19-13-12-18(21)20-14(2)3/h8-11,14-15,19H,5-7,12-13H2,1-4H3,(H,20,21). The van der Waals surface area contributed by atoms with Gasteiger partial charge in [0.2, 0.25) is 5.91 Å². The molecule has 1 aromatic rings. The molecule has 0 heterocycles. The molecule has 0 saturated carbocycles. The fourth-order valence-corrected chi connectivity index (χ4v) is 2.27. The van der Waals surface area contributed by atoms with Gasteiger partial charge in [0.05, 0.1) is 0 Å². The van der Waals surface area contributed by atoms with E-state index >= 15 is 0 Å². The number of nitrogens with one attached hydrogen (secondary N) is 2. The van der Waals surface area contributed by atoms with Gasteiger partial charge in [0.15, 0.2) is 0 Å². The van der Waals surface area contributed by atoms with Gasteiger partial charge in [-0.05, 0) is 44.7 Å². The molecule has 0 aliphatic carbocycles. The molecule has 0 bridgehead atoms. The zero-order chi connectivity index (χ0) is 15.7. The van der Waals surface area contributed by atoms with Crippen molar-refractivity contribution in [3.63, 3.8) is 0 Å². The van der Waals surface area contributed by atoms with Crippen LogP contribution in [0.2, 0.25) is 0 Å². The lowest BCUT2D eigenvalue weighted by molar-refractivity contribution is -0.121. The summed E-state index contributed by atoms with van der Waals surface area (Å²) in [7, 11) is 0. The zero-order valence-electron chi connectivity index (χ0n) is 13.9. The summed E-state index contributed by atoms with van der Waals surface area (Å²) in [6, 6.07) is 9.31. The predicted molar refractivity (Wildman–Crippen MR) is 89.4 cm³/mol. The van der Waals surface area contributed by atoms with E-state index in [1.807, 2.05) is 13.8 Å². The van der Waals surface area contributed by atoms with Crippen LogP contribution in [0.5, 0.6) is 0 Å². The average Bonchev–Trinajstić information content (AvgIpc) is 2.44. The lowest BCUT2D eigenvalue weighted by Gasteiger charge is -2.15. The summed E-state index contributed by atoms with van der Waals surface area (Å²) < 4.78 is 0. The van der Waals surface area contributed by atoms with Crippen LogP contribution in [0.4, 0.5) is 0 Å². The van der Waals surface area contributed by atoms with Crippen molar-refractivity contribution in [3.8, 4) is 0 Å². The van der Waals surface area contributed by atoms with E-state index in [0.29, 0.717) is 13.0 Å². The largest absolute Gasteiger partial charge is 0.354 e. The highest BCUT2D eigenvalue weighted by atomic mass is 16.1. The molecule has 3 nitrogen and oxygen atoms in total. The summed E-state index contributed by atoms with van der Waals surface area (Å²) in [6.07, 6.45) is 4.17. The van der Waals surface area contributed by atoms with Crippen LogP contribution in [0.25, 0.3) is 0 Å². The Labute approximate surface area is 129 Å². The second-order valence-electron chi connectivity index (χ2n) is 5.99. The van der Waals surface area contributed by atoms with Gasteiger partial charge >= 0.3 is 0 Å². The molecule has 1 atom stereocenters. The number of amides is 1. The number of hydrogen-bond acceptors (Lipinski definition) is 2. The average molecular weight is 290 g/mol. The van der Waals surface area contributed by atoms with E-state index in [9.17, 15) is 4.79 Å². The summed E-state index contributed by atoms with van der Waals surface area (Å²) in [5.41, 5.74) is 2.68. The lowest BCUT2D eigenvalue weighted by atomic mass is 10.0. The summed E-state index contributed by atoms with van der Waals surface area (Å²) in [4.78, 5) is 11.6. The summed E-state index contributed by atoms with van der Waals surface area (Å²) in [5.74, 6) is 0.111. The molecule has 0 fully saturated rings. The molecular weight excluding hydrogens is 260 g/mol. The van der Waals surface area contributed by atoms with Gasteiger partial charge < -0.3 is 10.6 Å². The Bertz CT molecular complexity index is 412. The van der Waals surface area contributed by atoms with E-state index in [2.05, 4.69) is 48.7 Å². The van der Waals surface area contributed by atoms with Crippen molar-refractivity contribution < 1.29 is 4.79 Å². The molecule has 1 unspecified atom stereocenters. The number of hydrogen-bond donors (Lipinski definition) is 2. The molecule has 1 rings (SSSR count). The second kappa shape index (κ2) is 9.56. The van der Waals surface area contributed by atoms with Crippen LogP contribution < -0.4 is 10.6 Å². The second-order valence-corrected chi connectivity index (χ2v) is 5.99. The summed E-state index contributed by atoms with van der Waals surface area (Å²) in [5, 5.41) is 6.31. The van der Waals surface area contributed by atoms with Crippen LogP contribution in [0.3, 0.4) is 0 Å². The third-order valence-electron chi connectivity index (χ3n) is 3.55. The molecule has 3 heteroatoms. The van der Waals surface area contributed by atoms with Gasteiger partial charge in [0, 0.05) is 25.0 Å². The molecule has 118 valence electrons. The maximum Gasteiger partial charge on any atom is 0.221 e. The Kier molecular flexibility index (Phi) is 8.06. The van der Waals surface area contributed by atoms with Gasteiger partial charge in [-0.2, -0.15) is 0 Å². The monoisotopic (exact) mass is 290 g/mol. The van der Waals surface area contributed by atoms with Gasteiger partial charge in [-0.25, -0.2) is 0 Å². The first-order valence-corrected chi connectivity index (χ1v) is 8.14. The third kappa shape index (κ3) is 7.28. The Balaban J connectivity index is 2.34. The lowest BCUT2D eigenvalue weighted by Crippen LogP contribution is -2.33. The fraction of sp³-hybridized carbons (Fsp3) is 0.611. The Morgan fingerprint density at radius 2 is 1.81 bits per heavy atom. The Morgan fingerprint density at radius 1 is 1.14 bits per heavy atom. The van der Waals surface area contributed by atoms with Crippen molar-refractivity contribution in [1.82, 2.24) is 10.6 Å². The minimum absolute atomic E-state index is 0.111. The van der Waals surface area contributed by atoms with E-state index in [4.69, 9.17) is 0 Å². The summed E-state index contributed by atoms with van der Waals surface area (Å²) in [6.45, 7) is 9.02. The first kappa shape index (κ1) is 17.7. The molecular formula is C18H30N2O. The molecule has 0 saturated heterocycles. The van der Waals surface area contributed by atoms with Crippen molar-refractivity contribution in [2.45, 2.75) is 65.5 Å². The first-order chi connectivity index (χ1) is 10.0. The van der Waals surface area contributed by atoms with E-state index < -0.39 is 0 Å². The number of carbonyl (C=O) groups is 1. The highest BCUT2D eigenvalue weighted by Crippen LogP contribution is 2.14. The minimum Gasteiger partial charge on any atom is -0.354 e. The number of unbranched alkanes of at least 4 members (excludes halogenated alkanes) is 1. The van der Waals surface area contributed by atoms with Gasteiger partial charge in [-0.15, -0.1) is 0 Å². The van der Waals surface area contributed by atoms with Crippen LogP contribution in [0.1, 0.15) is 64.1 Å². The zero-order valence-corrected chi connectivity index (χ0v) is 13.9. The molecule has 1 aromatic carbocycles. The van der Waals surface area contributed by atoms with Crippen molar-refractivity contribution in [2.75, 3.05) is 6.54 Å². The Hall–Kier alpha value is -1.35. The van der Waals surface area contributed by atoms with Crippen molar-refractivity contribution >= 4 is 5.91 Å². The molecule has 0 radical (unpaired) electrons. The van der Waals surface area contributed by atoms with E-state index in [1.54, 1.807) is 0 Å². The van der Waals surface area contributed by atoms with Crippen molar-refractivity contribution in [2.24, 2.45) is 0 Å².